The van der Waals surface area contributed by atoms with Crippen LogP contribution >= 0.6 is 34.2 Å². The standard InChI is InChI=1S/C12H16ClIN2O/c1-8-3-5-12(17-2,6-4-8)11-15-7-9(14)10(13)16-11/h7-8H,3-6H2,1-2H3. The topological polar surface area (TPSA) is 35.0 Å². The number of hydrogen-bond donors (Lipinski definition) is 0. The number of rotatable bonds is 2. The molecule has 0 atom stereocenters. The van der Waals surface area contributed by atoms with Crippen molar-refractivity contribution in [1.82, 2.24) is 9.97 Å². The minimum absolute atomic E-state index is 0.333. The fourth-order valence-corrected chi connectivity index (χ4v) is 2.70. The van der Waals surface area contributed by atoms with E-state index < -0.39 is 0 Å². The van der Waals surface area contributed by atoms with Crippen molar-refractivity contribution in [3.63, 3.8) is 0 Å². The van der Waals surface area contributed by atoms with Crippen molar-refractivity contribution < 1.29 is 4.74 Å². The number of hydrogen-bond acceptors (Lipinski definition) is 3. The average Bonchev–Trinajstić information content (AvgIpc) is 2.34. The van der Waals surface area contributed by atoms with Gasteiger partial charge in [-0.05, 0) is 54.2 Å². The molecule has 1 saturated carbocycles. The van der Waals surface area contributed by atoms with E-state index in [0.717, 1.165) is 41.0 Å². The molecule has 17 heavy (non-hydrogen) atoms. The molecule has 1 aliphatic carbocycles. The van der Waals surface area contributed by atoms with Gasteiger partial charge in [-0.15, -0.1) is 0 Å². The highest BCUT2D eigenvalue weighted by molar-refractivity contribution is 14.1. The molecule has 0 amide bonds. The largest absolute Gasteiger partial charge is 0.370 e. The summed E-state index contributed by atoms with van der Waals surface area (Å²) in [5.74, 6) is 1.50. The van der Waals surface area contributed by atoms with Gasteiger partial charge < -0.3 is 4.74 Å². The van der Waals surface area contributed by atoms with Gasteiger partial charge in [0.25, 0.3) is 0 Å². The summed E-state index contributed by atoms with van der Waals surface area (Å²) in [6.07, 6.45) is 6.02. The van der Waals surface area contributed by atoms with Crippen LogP contribution in [0.15, 0.2) is 6.20 Å². The van der Waals surface area contributed by atoms with Crippen LogP contribution in [0.1, 0.15) is 38.4 Å². The van der Waals surface area contributed by atoms with E-state index in [9.17, 15) is 0 Å². The van der Waals surface area contributed by atoms with Crippen molar-refractivity contribution in [3.05, 3.63) is 20.7 Å². The lowest BCUT2D eigenvalue weighted by molar-refractivity contribution is -0.0597. The van der Waals surface area contributed by atoms with E-state index in [1.165, 1.54) is 0 Å². The van der Waals surface area contributed by atoms with E-state index in [-0.39, 0.29) is 5.60 Å². The molecule has 0 aliphatic heterocycles. The summed E-state index contributed by atoms with van der Waals surface area (Å²) in [6, 6.07) is 0. The number of ether oxygens (including phenoxy) is 1. The monoisotopic (exact) mass is 366 g/mol. The average molecular weight is 367 g/mol. The predicted molar refractivity (Wildman–Crippen MR) is 76.1 cm³/mol. The Morgan fingerprint density at radius 3 is 2.65 bits per heavy atom. The van der Waals surface area contributed by atoms with Crippen molar-refractivity contribution in [2.24, 2.45) is 5.92 Å². The molecule has 1 aromatic heterocycles. The van der Waals surface area contributed by atoms with Crippen LogP contribution in [0.4, 0.5) is 0 Å². The smallest absolute Gasteiger partial charge is 0.161 e. The lowest BCUT2D eigenvalue weighted by atomic mass is 9.79. The number of methoxy groups -OCH3 is 1. The third-order valence-electron chi connectivity index (χ3n) is 3.58. The van der Waals surface area contributed by atoms with E-state index in [0.29, 0.717) is 5.15 Å². The van der Waals surface area contributed by atoms with Gasteiger partial charge in [-0.2, -0.15) is 0 Å². The molecule has 1 aromatic rings. The van der Waals surface area contributed by atoms with Crippen LogP contribution in [0, 0.1) is 9.49 Å². The Labute approximate surface area is 120 Å². The zero-order chi connectivity index (χ0) is 12.5. The summed E-state index contributed by atoms with van der Waals surface area (Å²) >= 11 is 8.20. The molecule has 0 saturated heterocycles. The molecule has 0 bridgehead atoms. The summed E-state index contributed by atoms with van der Waals surface area (Å²) < 4.78 is 6.60. The molecule has 1 fully saturated rings. The lowest BCUT2D eigenvalue weighted by Gasteiger charge is -2.36. The molecule has 1 heterocycles. The van der Waals surface area contributed by atoms with Gasteiger partial charge in [-0.3, -0.25) is 0 Å². The van der Waals surface area contributed by atoms with Gasteiger partial charge in [-0.1, -0.05) is 18.5 Å². The van der Waals surface area contributed by atoms with Crippen LogP contribution < -0.4 is 0 Å². The maximum absolute atomic E-state index is 6.07. The Hall–Kier alpha value is 0.0600. The van der Waals surface area contributed by atoms with Crippen LogP contribution in [-0.4, -0.2) is 17.1 Å². The first-order chi connectivity index (χ1) is 8.07. The Morgan fingerprint density at radius 2 is 2.12 bits per heavy atom. The number of aromatic nitrogens is 2. The second kappa shape index (κ2) is 5.36. The normalized spacial score (nSPS) is 29.3. The molecule has 3 nitrogen and oxygen atoms in total. The molecule has 0 unspecified atom stereocenters. The summed E-state index contributed by atoms with van der Waals surface area (Å²) in [7, 11) is 1.74. The second-order valence-electron chi connectivity index (χ2n) is 4.71. The quantitative estimate of drug-likeness (QED) is 0.590. The Balaban J connectivity index is 2.31. The Morgan fingerprint density at radius 1 is 1.47 bits per heavy atom. The van der Waals surface area contributed by atoms with E-state index in [4.69, 9.17) is 16.3 Å². The summed E-state index contributed by atoms with van der Waals surface area (Å²) in [5, 5.41) is 0.519. The molecule has 5 heteroatoms. The zero-order valence-electron chi connectivity index (χ0n) is 10.0. The fraction of sp³-hybridized carbons (Fsp3) is 0.667. The van der Waals surface area contributed by atoms with Gasteiger partial charge in [0.2, 0.25) is 0 Å². The van der Waals surface area contributed by atoms with Crippen molar-refractivity contribution in [2.45, 2.75) is 38.2 Å². The van der Waals surface area contributed by atoms with Crippen molar-refractivity contribution in [2.75, 3.05) is 7.11 Å². The molecular weight excluding hydrogens is 351 g/mol. The molecule has 2 rings (SSSR count). The van der Waals surface area contributed by atoms with E-state index >= 15 is 0 Å². The van der Waals surface area contributed by atoms with Gasteiger partial charge in [-0.25, -0.2) is 9.97 Å². The second-order valence-corrected chi connectivity index (χ2v) is 6.23. The molecule has 1 aliphatic rings. The van der Waals surface area contributed by atoms with Crippen LogP contribution in [0.25, 0.3) is 0 Å². The van der Waals surface area contributed by atoms with Crippen molar-refractivity contribution >= 4 is 34.2 Å². The molecule has 94 valence electrons. The van der Waals surface area contributed by atoms with Crippen LogP contribution in [-0.2, 0) is 10.3 Å². The Bertz CT molecular complexity index is 405. The molecule has 0 N–H and O–H groups in total. The van der Waals surface area contributed by atoms with Crippen molar-refractivity contribution in [1.29, 1.82) is 0 Å². The third-order valence-corrected chi connectivity index (χ3v) is 4.98. The molecule has 0 aromatic carbocycles. The SMILES string of the molecule is COC1(c2ncc(I)c(Cl)n2)CCC(C)CC1. The highest BCUT2D eigenvalue weighted by Crippen LogP contribution is 2.40. The Kier molecular flexibility index (Phi) is 4.26. The highest BCUT2D eigenvalue weighted by Gasteiger charge is 2.38. The predicted octanol–water partition coefficient (Wildman–Crippen LogP) is 3.79. The fourth-order valence-electron chi connectivity index (χ4n) is 2.31. The maximum Gasteiger partial charge on any atom is 0.161 e. The first kappa shape index (κ1) is 13.5. The summed E-state index contributed by atoms with van der Waals surface area (Å²) in [6.45, 7) is 2.28. The van der Waals surface area contributed by atoms with E-state index in [1.807, 2.05) is 0 Å². The minimum Gasteiger partial charge on any atom is -0.370 e. The van der Waals surface area contributed by atoms with Crippen LogP contribution in [0.5, 0.6) is 0 Å². The highest BCUT2D eigenvalue weighted by atomic mass is 127. The van der Waals surface area contributed by atoms with Gasteiger partial charge in [0, 0.05) is 13.3 Å². The lowest BCUT2D eigenvalue weighted by Crippen LogP contribution is -2.35. The third kappa shape index (κ3) is 2.74. The van der Waals surface area contributed by atoms with Crippen molar-refractivity contribution in [3.8, 4) is 0 Å². The van der Waals surface area contributed by atoms with E-state index in [1.54, 1.807) is 13.3 Å². The summed E-state index contributed by atoms with van der Waals surface area (Å²) in [5.41, 5.74) is -0.333. The van der Waals surface area contributed by atoms with Gasteiger partial charge in [0.15, 0.2) is 5.82 Å². The molecular formula is C12H16ClIN2O. The first-order valence-electron chi connectivity index (χ1n) is 5.81. The maximum atomic E-state index is 6.07. The van der Waals surface area contributed by atoms with Crippen LogP contribution in [0.2, 0.25) is 5.15 Å². The first-order valence-corrected chi connectivity index (χ1v) is 7.27. The van der Waals surface area contributed by atoms with E-state index in [2.05, 4.69) is 39.5 Å². The number of halogens is 2. The van der Waals surface area contributed by atoms with Crippen LogP contribution in [0.3, 0.4) is 0 Å². The number of nitrogens with zero attached hydrogens (tertiary/aromatic N) is 2. The summed E-state index contributed by atoms with van der Waals surface area (Å²) in [4.78, 5) is 8.79. The molecule has 0 radical (unpaired) electrons. The minimum atomic E-state index is -0.333. The molecule has 0 spiro atoms. The zero-order valence-corrected chi connectivity index (χ0v) is 13.0. The van der Waals surface area contributed by atoms with Gasteiger partial charge in [0.05, 0.1) is 3.57 Å². The van der Waals surface area contributed by atoms with Gasteiger partial charge >= 0.3 is 0 Å². The van der Waals surface area contributed by atoms with Gasteiger partial charge in [0.1, 0.15) is 10.8 Å².